The fourth-order valence-corrected chi connectivity index (χ4v) is 3.76. The van der Waals surface area contributed by atoms with Crippen molar-refractivity contribution in [2.24, 2.45) is 11.3 Å². The molecule has 0 saturated heterocycles. The molecular weight excluding hydrogens is 455 g/mol. The Labute approximate surface area is 184 Å². The van der Waals surface area contributed by atoms with Gasteiger partial charge in [-0.3, -0.25) is 15.1 Å². The number of esters is 1. The first kappa shape index (κ1) is 22.9. The summed E-state index contributed by atoms with van der Waals surface area (Å²) < 4.78 is 3.32. The van der Waals surface area contributed by atoms with Gasteiger partial charge >= 0.3 is 5.97 Å². The van der Waals surface area contributed by atoms with Crippen LogP contribution in [0.1, 0.15) is 40.2 Å². The van der Waals surface area contributed by atoms with E-state index in [0.717, 1.165) is 5.57 Å². The second-order valence-electron chi connectivity index (χ2n) is 7.75. The Kier molecular flexibility index (Phi) is 6.63. The highest BCUT2D eigenvalue weighted by Crippen LogP contribution is 2.59. The van der Waals surface area contributed by atoms with Crippen LogP contribution in [0.25, 0.3) is 0 Å². The Morgan fingerprint density at radius 1 is 1.15 bits per heavy atom. The number of hydroxylamine groups is 1. The van der Waals surface area contributed by atoms with Crippen LogP contribution in [0.5, 0.6) is 0 Å². The van der Waals surface area contributed by atoms with Gasteiger partial charge in [0.25, 0.3) is 4.52 Å². The van der Waals surface area contributed by atoms with Crippen LogP contribution in [0, 0.1) is 11.3 Å². The standard InChI is InChI=1S/C18H20Cl5NO3/c1-16(2,3)27-24-8-10-12(17(10,4)5)15(25)26-18(22,23)9-6-7-11(19)14(21)13(9)20/h6-8,12,24H,1-5H3/t12-/m0/s1. The number of benzene rings is 1. The quantitative estimate of drug-likeness (QED) is 0.225. The molecule has 0 aliphatic heterocycles. The zero-order chi connectivity index (χ0) is 20.8. The van der Waals surface area contributed by atoms with E-state index in [1.807, 2.05) is 34.6 Å². The maximum absolute atomic E-state index is 12.6. The second-order valence-corrected chi connectivity index (χ2v) is 10.2. The molecule has 9 heteroatoms. The number of rotatable bonds is 5. The average Bonchev–Trinajstić information content (AvgIpc) is 3.04. The highest BCUT2D eigenvalue weighted by molar-refractivity contribution is 6.51. The highest BCUT2D eigenvalue weighted by atomic mass is 35.5. The predicted octanol–water partition coefficient (Wildman–Crippen LogP) is 6.64. The number of carbonyl (C=O) groups excluding carboxylic acids is 1. The van der Waals surface area contributed by atoms with E-state index >= 15 is 0 Å². The number of halogens is 5. The van der Waals surface area contributed by atoms with Gasteiger partial charge in [-0.2, -0.15) is 0 Å². The Bertz CT molecular complexity index is 784. The van der Waals surface area contributed by atoms with Gasteiger partial charge in [-0.1, -0.05) is 71.9 Å². The number of ether oxygens (including phenoxy) is 1. The molecule has 2 rings (SSSR count). The van der Waals surface area contributed by atoms with Gasteiger partial charge in [0.1, 0.15) is 0 Å². The predicted molar refractivity (Wildman–Crippen MR) is 110 cm³/mol. The van der Waals surface area contributed by atoms with Gasteiger partial charge in [0.15, 0.2) is 0 Å². The Morgan fingerprint density at radius 3 is 2.30 bits per heavy atom. The van der Waals surface area contributed by atoms with Crippen molar-refractivity contribution in [1.29, 1.82) is 0 Å². The van der Waals surface area contributed by atoms with E-state index in [1.54, 1.807) is 6.20 Å². The number of hydrogen-bond donors (Lipinski definition) is 1. The van der Waals surface area contributed by atoms with Crippen LogP contribution < -0.4 is 5.48 Å². The van der Waals surface area contributed by atoms with Gasteiger partial charge in [0.2, 0.25) is 0 Å². The lowest BCUT2D eigenvalue weighted by Gasteiger charge is -2.22. The Morgan fingerprint density at radius 2 is 1.74 bits per heavy atom. The molecule has 0 radical (unpaired) electrons. The van der Waals surface area contributed by atoms with E-state index in [9.17, 15) is 4.79 Å². The van der Waals surface area contributed by atoms with E-state index in [2.05, 4.69) is 5.48 Å². The largest absolute Gasteiger partial charge is 0.424 e. The number of nitrogens with one attached hydrogen (secondary N) is 1. The smallest absolute Gasteiger partial charge is 0.316 e. The van der Waals surface area contributed by atoms with E-state index in [-0.39, 0.29) is 26.2 Å². The van der Waals surface area contributed by atoms with Gasteiger partial charge in [0.05, 0.1) is 26.6 Å². The van der Waals surface area contributed by atoms with Gasteiger partial charge in [0, 0.05) is 17.2 Å². The summed E-state index contributed by atoms with van der Waals surface area (Å²) in [6.45, 7) is 9.51. The van der Waals surface area contributed by atoms with Gasteiger partial charge in [-0.05, 0) is 38.5 Å². The minimum Gasteiger partial charge on any atom is -0.424 e. The molecule has 27 heavy (non-hydrogen) atoms. The lowest BCUT2D eigenvalue weighted by atomic mass is 10.1. The summed E-state index contributed by atoms with van der Waals surface area (Å²) in [5, 5.41) is 0.334. The van der Waals surface area contributed by atoms with Crippen molar-refractivity contribution in [2.45, 2.75) is 44.7 Å². The van der Waals surface area contributed by atoms with E-state index in [0.29, 0.717) is 0 Å². The molecule has 1 fully saturated rings. The first-order valence-electron chi connectivity index (χ1n) is 8.07. The zero-order valence-corrected chi connectivity index (χ0v) is 19.2. The zero-order valence-electron chi connectivity index (χ0n) is 15.4. The van der Waals surface area contributed by atoms with Crippen LogP contribution in [0.15, 0.2) is 23.9 Å². The summed E-state index contributed by atoms with van der Waals surface area (Å²) in [5.74, 6) is -1.11. The van der Waals surface area contributed by atoms with Crippen molar-refractivity contribution in [1.82, 2.24) is 5.48 Å². The summed E-state index contributed by atoms with van der Waals surface area (Å²) in [6.07, 6.45) is 1.65. The summed E-state index contributed by atoms with van der Waals surface area (Å²) in [7, 11) is 0. The van der Waals surface area contributed by atoms with Crippen molar-refractivity contribution in [3.05, 3.63) is 44.5 Å². The lowest BCUT2D eigenvalue weighted by molar-refractivity contribution is -0.150. The normalized spacial score (nSPS) is 20.5. The molecule has 0 aromatic heterocycles. The Hall–Kier alpha value is -0.360. The Balaban J connectivity index is 2.14. The van der Waals surface area contributed by atoms with Gasteiger partial charge < -0.3 is 4.74 Å². The van der Waals surface area contributed by atoms with Crippen LogP contribution in [0.3, 0.4) is 0 Å². The summed E-state index contributed by atoms with van der Waals surface area (Å²) in [4.78, 5) is 18.1. The van der Waals surface area contributed by atoms with E-state index in [4.69, 9.17) is 67.6 Å². The topological polar surface area (TPSA) is 47.6 Å². The van der Waals surface area contributed by atoms with E-state index < -0.39 is 21.8 Å². The third-order valence-electron chi connectivity index (χ3n) is 4.09. The minimum absolute atomic E-state index is 0.0213. The van der Waals surface area contributed by atoms with Crippen molar-refractivity contribution in [2.75, 3.05) is 0 Å². The minimum atomic E-state index is -2.01. The molecule has 1 aromatic carbocycles. The molecule has 0 heterocycles. The summed E-state index contributed by atoms with van der Waals surface area (Å²) >= 11 is 30.5. The monoisotopic (exact) mass is 473 g/mol. The molecule has 1 atom stereocenters. The molecular formula is C18H20Cl5NO3. The number of carbonyl (C=O) groups is 1. The molecule has 1 aromatic rings. The molecule has 0 unspecified atom stereocenters. The van der Waals surface area contributed by atoms with Gasteiger partial charge in [-0.25, -0.2) is 0 Å². The fraction of sp³-hybridized carbons (Fsp3) is 0.500. The first-order chi connectivity index (χ1) is 12.2. The molecule has 0 amide bonds. The highest BCUT2D eigenvalue weighted by Gasteiger charge is 2.59. The first-order valence-corrected chi connectivity index (χ1v) is 9.96. The van der Waals surface area contributed by atoms with Crippen LogP contribution in [-0.2, 0) is 18.9 Å². The van der Waals surface area contributed by atoms with Crippen LogP contribution in [0.2, 0.25) is 15.1 Å². The van der Waals surface area contributed by atoms with Gasteiger partial charge in [-0.15, -0.1) is 0 Å². The number of alkyl halides is 2. The molecule has 150 valence electrons. The van der Waals surface area contributed by atoms with Crippen molar-refractivity contribution < 1.29 is 14.4 Å². The number of hydrogen-bond acceptors (Lipinski definition) is 4. The maximum atomic E-state index is 12.6. The van der Waals surface area contributed by atoms with Crippen LogP contribution in [-0.4, -0.2) is 11.6 Å². The molecule has 1 saturated carbocycles. The molecule has 1 aliphatic rings. The van der Waals surface area contributed by atoms with Crippen LogP contribution >= 0.6 is 58.0 Å². The molecule has 0 spiro atoms. The molecule has 1 aliphatic carbocycles. The van der Waals surface area contributed by atoms with Crippen molar-refractivity contribution >= 4 is 64.0 Å². The molecule has 1 N–H and O–H groups in total. The second kappa shape index (κ2) is 7.81. The maximum Gasteiger partial charge on any atom is 0.316 e. The summed E-state index contributed by atoms with van der Waals surface area (Å²) in [5.41, 5.74) is 2.90. The van der Waals surface area contributed by atoms with Crippen molar-refractivity contribution in [3.63, 3.8) is 0 Å². The van der Waals surface area contributed by atoms with E-state index in [1.165, 1.54) is 12.1 Å². The summed E-state index contributed by atoms with van der Waals surface area (Å²) in [6, 6.07) is 2.93. The van der Waals surface area contributed by atoms with Crippen LogP contribution in [0.4, 0.5) is 0 Å². The van der Waals surface area contributed by atoms with Crippen molar-refractivity contribution in [3.8, 4) is 0 Å². The lowest BCUT2D eigenvalue weighted by Crippen LogP contribution is -2.26. The third kappa shape index (κ3) is 5.17. The third-order valence-corrected chi connectivity index (χ3v) is 5.94. The molecule has 0 bridgehead atoms. The molecule has 4 nitrogen and oxygen atoms in total. The average molecular weight is 476 g/mol. The fourth-order valence-electron chi connectivity index (χ4n) is 2.53. The SMILES string of the molecule is CC(C)(C)ONC=C1[C@@H](C(=O)OC(Cl)(Cl)c2ccc(Cl)c(Cl)c2Cl)C1(C)C.